The third-order valence-electron chi connectivity index (χ3n) is 6.04. The largest absolute Gasteiger partial charge is 0.480 e. The Morgan fingerprint density at radius 1 is 1.19 bits per heavy atom. The van der Waals surface area contributed by atoms with Gasteiger partial charge in [0.15, 0.2) is 6.10 Å². The fourth-order valence-corrected chi connectivity index (χ4v) is 4.37. The second kappa shape index (κ2) is 8.45. The predicted octanol–water partition coefficient (Wildman–Crippen LogP) is 2.04. The van der Waals surface area contributed by atoms with Gasteiger partial charge in [0.25, 0.3) is 5.91 Å². The normalized spacial score (nSPS) is 19.1. The topological polar surface area (TPSA) is 89.4 Å². The Bertz CT molecular complexity index is 1120. The fourth-order valence-electron chi connectivity index (χ4n) is 4.37. The van der Waals surface area contributed by atoms with E-state index in [-0.39, 0.29) is 24.3 Å². The van der Waals surface area contributed by atoms with Gasteiger partial charge in [-0.1, -0.05) is 24.3 Å². The Hall–Kier alpha value is -3.68. The lowest BCUT2D eigenvalue weighted by atomic mass is 10.1. The first-order valence-corrected chi connectivity index (χ1v) is 10.8. The van der Waals surface area contributed by atoms with Crippen molar-refractivity contribution in [2.24, 2.45) is 0 Å². The average Bonchev–Trinajstić information content (AvgIpc) is 3.42. The lowest BCUT2D eigenvalue weighted by Gasteiger charge is -2.35. The fraction of sp³-hybridized carbons (Fsp3) is 0.333. The van der Waals surface area contributed by atoms with Crippen molar-refractivity contribution in [1.82, 2.24) is 24.8 Å². The first kappa shape index (κ1) is 20.2. The Morgan fingerprint density at radius 3 is 2.88 bits per heavy atom. The molecule has 0 saturated carbocycles. The maximum Gasteiger partial charge on any atom is 0.264 e. The maximum absolute atomic E-state index is 13.2. The molecule has 1 aromatic carbocycles. The van der Waals surface area contributed by atoms with Crippen LogP contribution in [0.5, 0.6) is 5.75 Å². The number of rotatable bonds is 5. The maximum atomic E-state index is 13.2. The van der Waals surface area contributed by atoms with Gasteiger partial charge in [0, 0.05) is 44.6 Å². The van der Waals surface area contributed by atoms with Gasteiger partial charge in [-0.05, 0) is 30.2 Å². The first-order valence-electron chi connectivity index (χ1n) is 10.8. The van der Waals surface area contributed by atoms with Crippen LogP contribution in [0.4, 0.5) is 0 Å². The molecule has 0 fully saturated rings. The van der Waals surface area contributed by atoms with E-state index in [1.54, 1.807) is 12.4 Å². The summed E-state index contributed by atoms with van der Waals surface area (Å²) in [7, 11) is 0. The van der Waals surface area contributed by atoms with Crippen LogP contribution in [0.1, 0.15) is 35.6 Å². The molecule has 0 aliphatic carbocycles. The highest BCUT2D eigenvalue weighted by Crippen LogP contribution is 2.32. The number of hydrogen-bond acceptors (Lipinski definition) is 5. The van der Waals surface area contributed by atoms with Gasteiger partial charge in [0.05, 0.1) is 18.2 Å². The summed E-state index contributed by atoms with van der Waals surface area (Å²) in [4.78, 5) is 36.1. The Labute approximate surface area is 186 Å². The summed E-state index contributed by atoms with van der Waals surface area (Å²) < 4.78 is 7.95. The summed E-state index contributed by atoms with van der Waals surface area (Å²) in [6.07, 6.45) is 5.65. The summed E-state index contributed by atoms with van der Waals surface area (Å²) in [5.41, 5.74) is 2.72. The average molecular weight is 431 g/mol. The summed E-state index contributed by atoms with van der Waals surface area (Å²) in [5.74, 6) is 1.48. The zero-order valence-corrected chi connectivity index (χ0v) is 17.9. The number of imidazole rings is 1. The van der Waals surface area contributed by atoms with Gasteiger partial charge in [-0.2, -0.15) is 0 Å². The Morgan fingerprint density at radius 2 is 2.06 bits per heavy atom. The second-order valence-electron chi connectivity index (χ2n) is 8.22. The van der Waals surface area contributed by atoms with Crippen LogP contribution in [0.3, 0.4) is 0 Å². The van der Waals surface area contributed by atoms with Crippen LogP contribution in [0.25, 0.3) is 0 Å². The number of pyridine rings is 1. The van der Waals surface area contributed by atoms with Crippen molar-refractivity contribution in [2.75, 3.05) is 6.54 Å². The van der Waals surface area contributed by atoms with E-state index in [1.807, 2.05) is 59.0 Å². The SMILES string of the molecule is C[C@@H]1c2nc(CC(=O)NCc3cccnc3)cn2CCN1C(=O)[C@@H]1Cc2ccccc2O1. The molecule has 2 amide bonds. The van der Waals surface area contributed by atoms with Crippen molar-refractivity contribution in [3.63, 3.8) is 0 Å². The number of nitrogens with one attached hydrogen (secondary N) is 1. The zero-order chi connectivity index (χ0) is 22.1. The standard InChI is InChI=1S/C24H25N5O3/c1-16-23-27-19(12-22(30)26-14-17-5-4-8-25-13-17)15-28(23)9-10-29(16)24(31)21-11-18-6-2-3-7-20(18)32-21/h2-8,13,15-16,21H,9-12,14H2,1H3,(H,26,30)/t16-,21+/m1/s1. The highest BCUT2D eigenvalue weighted by Gasteiger charge is 2.37. The number of amides is 2. The van der Waals surface area contributed by atoms with Gasteiger partial charge in [0.2, 0.25) is 5.91 Å². The molecule has 0 saturated heterocycles. The summed E-state index contributed by atoms with van der Waals surface area (Å²) in [5, 5.41) is 2.90. The molecule has 0 bridgehead atoms. The van der Waals surface area contributed by atoms with Crippen molar-refractivity contribution in [2.45, 2.75) is 45.0 Å². The molecule has 2 aliphatic rings. The molecule has 5 rings (SSSR count). The summed E-state index contributed by atoms with van der Waals surface area (Å²) in [6.45, 7) is 3.65. The van der Waals surface area contributed by atoms with Gasteiger partial charge < -0.3 is 19.5 Å². The minimum atomic E-state index is -0.492. The van der Waals surface area contributed by atoms with Gasteiger partial charge in [-0.15, -0.1) is 0 Å². The van der Waals surface area contributed by atoms with Crippen LogP contribution in [0.15, 0.2) is 55.0 Å². The quantitative estimate of drug-likeness (QED) is 0.668. The summed E-state index contributed by atoms with van der Waals surface area (Å²) >= 11 is 0. The van der Waals surface area contributed by atoms with E-state index in [9.17, 15) is 9.59 Å². The van der Waals surface area contributed by atoms with Crippen molar-refractivity contribution in [3.8, 4) is 5.75 Å². The zero-order valence-electron chi connectivity index (χ0n) is 17.9. The Balaban J connectivity index is 1.22. The van der Waals surface area contributed by atoms with Crippen LogP contribution in [-0.2, 0) is 35.5 Å². The van der Waals surface area contributed by atoms with E-state index < -0.39 is 6.10 Å². The summed E-state index contributed by atoms with van der Waals surface area (Å²) in [6, 6.07) is 11.4. The Kier molecular flexibility index (Phi) is 5.34. The van der Waals surface area contributed by atoms with E-state index in [0.29, 0.717) is 31.7 Å². The number of fused-ring (bicyclic) bond motifs is 2. The molecule has 2 atom stereocenters. The van der Waals surface area contributed by atoms with Crippen LogP contribution < -0.4 is 10.1 Å². The molecule has 164 valence electrons. The molecule has 32 heavy (non-hydrogen) atoms. The van der Waals surface area contributed by atoms with Crippen molar-refractivity contribution in [1.29, 1.82) is 0 Å². The molecule has 0 unspecified atom stereocenters. The van der Waals surface area contributed by atoms with E-state index in [0.717, 1.165) is 22.7 Å². The van der Waals surface area contributed by atoms with Gasteiger partial charge in [-0.3, -0.25) is 14.6 Å². The molecule has 8 nitrogen and oxygen atoms in total. The number of carbonyl (C=O) groups is 2. The van der Waals surface area contributed by atoms with Crippen LogP contribution in [0, 0.1) is 0 Å². The number of hydrogen-bond donors (Lipinski definition) is 1. The van der Waals surface area contributed by atoms with E-state index in [4.69, 9.17) is 4.74 Å². The van der Waals surface area contributed by atoms with Crippen molar-refractivity contribution in [3.05, 3.63) is 77.6 Å². The first-order chi connectivity index (χ1) is 15.6. The molecular weight excluding hydrogens is 406 g/mol. The highest BCUT2D eigenvalue weighted by molar-refractivity contribution is 5.83. The highest BCUT2D eigenvalue weighted by atomic mass is 16.5. The van der Waals surface area contributed by atoms with Crippen molar-refractivity contribution >= 4 is 11.8 Å². The minimum Gasteiger partial charge on any atom is -0.480 e. The number of benzene rings is 1. The molecule has 3 aromatic rings. The number of aromatic nitrogens is 3. The number of nitrogens with zero attached hydrogens (tertiary/aromatic N) is 4. The van der Waals surface area contributed by atoms with Crippen LogP contribution >= 0.6 is 0 Å². The minimum absolute atomic E-state index is 0.0151. The molecule has 2 aromatic heterocycles. The lowest BCUT2D eigenvalue weighted by molar-refractivity contribution is -0.141. The molecule has 1 N–H and O–H groups in total. The molecule has 8 heteroatoms. The second-order valence-corrected chi connectivity index (χ2v) is 8.22. The van der Waals surface area contributed by atoms with Crippen molar-refractivity contribution < 1.29 is 14.3 Å². The third kappa shape index (κ3) is 3.95. The number of ether oxygens (including phenoxy) is 1. The van der Waals surface area contributed by atoms with Gasteiger partial charge >= 0.3 is 0 Å². The smallest absolute Gasteiger partial charge is 0.264 e. The molecule has 4 heterocycles. The van der Waals surface area contributed by atoms with Crippen LogP contribution in [-0.4, -0.2) is 43.9 Å². The lowest BCUT2D eigenvalue weighted by Crippen LogP contribution is -2.47. The van der Waals surface area contributed by atoms with E-state index in [2.05, 4.69) is 15.3 Å². The molecule has 0 spiro atoms. The van der Waals surface area contributed by atoms with Gasteiger partial charge in [-0.25, -0.2) is 4.98 Å². The van der Waals surface area contributed by atoms with Gasteiger partial charge in [0.1, 0.15) is 11.6 Å². The number of para-hydroxylation sites is 1. The molecule has 0 radical (unpaired) electrons. The molecule has 2 aliphatic heterocycles. The number of carbonyl (C=O) groups excluding carboxylic acids is 2. The third-order valence-corrected chi connectivity index (χ3v) is 6.04. The molecular formula is C24H25N5O3. The van der Waals surface area contributed by atoms with E-state index >= 15 is 0 Å². The van der Waals surface area contributed by atoms with Crippen LogP contribution in [0.2, 0.25) is 0 Å². The monoisotopic (exact) mass is 431 g/mol. The predicted molar refractivity (Wildman–Crippen MR) is 117 cm³/mol. The van der Waals surface area contributed by atoms with E-state index in [1.165, 1.54) is 0 Å².